The first-order valence-corrected chi connectivity index (χ1v) is 13.8. The van der Waals surface area contributed by atoms with E-state index < -0.39 is 0 Å². The molecule has 0 unspecified atom stereocenters. The van der Waals surface area contributed by atoms with Gasteiger partial charge in [0, 0.05) is 64.6 Å². The molecule has 4 heterocycles. The second-order valence-electron chi connectivity index (χ2n) is 9.80. The van der Waals surface area contributed by atoms with Crippen LogP contribution in [0.1, 0.15) is 20.8 Å². The largest absolute Gasteiger partial charge is 0.368 e. The van der Waals surface area contributed by atoms with E-state index in [1.807, 2.05) is 11.0 Å². The van der Waals surface area contributed by atoms with E-state index >= 15 is 0 Å². The molecule has 0 N–H and O–H groups in total. The lowest BCUT2D eigenvalue weighted by Crippen LogP contribution is -2.48. The Bertz CT molecular complexity index is 1360. The first-order valence-electron chi connectivity index (χ1n) is 13.0. The number of thiophene rings is 1. The van der Waals surface area contributed by atoms with Gasteiger partial charge in [-0.3, -0.25) is 9.69 Å². The van der Waals surface area contributed by atoms with Crippen LogP contribution in [0.2, 0.25) is 0 Å². The molecule has 0 radical (unpaired) electrons. The molecule has 7 nitrogen and oxygen atoms in total. The van der Waals surface area contributed by atoms with Gasteiger partial charge in [-0.15, -0.1) is 11.3 Å². The molecule has 0 atom stereocenters. The predicted molar refractivity (Wildman–Crippen MR) is 151 cm³/mol. The van der Waals surface area contributed by atoms with Crippen LogP contribution in [0, 0.1) is 6.92 Å². The van der Waals surface area contributed by atoms with Crippen LogP contribution in [0.15, 0.2) is 67.0 Å². The van der Waals surface area contributed by atoms with E-state index in [9.17, 15) is 4.79 Å². The maximum absolute atomic E-state index is 13.6. The minimum Gasteiger partial charge on any atom is -0.368 e. The number of carbonyl (C=O) groups is 1. The van der Waals surface area contributed by atoms with Gasteiger partial charge in [0.15, 0.2) is 0 Å². The molecular formula is C29H32N6OS. The van der Waals surface area contributed by atoms with Crippen LogP contribution in [-0.2, 0) is 6.54 Å². The van der Waals surface area contributed by atoms with Crippen molar-refractivity contribution in [1.29, 1.82) is 0 Å². The Morgan fingerprint density at radius 1 is 0.811 bits per heavy atom. The molecule has 2 saturated heterocycles. The molecule has 2 aromatic heterocycles. The molecule has 2 aliphatic heterocycles. The van der Waals surface area contributed by atoms with E-state index in [1.165, 1.54) is 22.6 Å². The number of para-hydroxylation sites is 1. The van der Waals surface area contributed by atoms with Gasteiger partial charge in [-0.05, 0) is 30.2 Å². The van der Waals surface area contributed by atoms with Crippen molar-refractivity contribution >= 4 is 39.0 Å². The van der Waals surface area contributed by atoms with Crippen molar-refractivity contribution < 1.29 is 4.79 Å². The number of rotatable bonds is 5. The second kappa shape index (κ2) is 10.5. The molecule has 6 rings (SSSR count). The minimum absolute atomic E-state index is 0.125. The fourth-order valence-electron chi connectivity index (χ4n) is 5.41. The molecule has 0 aliphatic carbocycles. The lowest BCUT2D eigenvalue weighted by atomic mass is 10.1. The summed E-state index contributed by atoms with van der Waals surface area (Å²) in [4.78, 5) is 33.7. The van der Waals surface area contributed by atoms with E-state index in [1.54, 1.807) is 6.33 Å². The van der Waals surface area contributed by atoms with E-state index in [4.69, 9.17) is 4.98 Å². The fourth-order valence-corrected chi connectivity index (χ4v) is 6.52. The third-order valence-corrected chi connectivity index (χ3v) is 8.70. The number of anilines is 2. The summed E-state index contributed by atoms with van der Waals surface area (Å²) < 4.78 is 0. The Kier molecular flexibility index (Phi) is 6.76. The molecule has 190 valence electrons. The number of piperazine rings is 2. The standard InChI is InChI=1S/C29H32N6OS/c1-22-25-27(34-18-16-33(17-19-34)24-10-6-3-7-11-24)30-21-31-28(25)37-26(22)29(36)35-14-12-32(13-15-35)20-23-8-4-2-5-9-23/h2-11,21H,12-20H2,1H3. The van der Waals surface area contributed by atoms with Crippen molar-refractivity contribution in [2.24, 2.45) is 0 Å². The lowest BCUT2D eigenvalue weighted by Gasteiger charge is -2.37. The Morgan fingerprint density at radius 2 is 1.46 bits per heavy atom. The second-order valence-corrected chi connectivity index (χ2v) is 10.8. The minimum atomic E-state index is 0.125. The van der Waals surface area contributed by atoms with Gasteiger partial charge in [0.1, 0.15) is 17.0 Å². The van der Waals surface area contributed by atoms with Crippen LogP contribution >= 0.6 is 11.3 Å². The Balaban J connectivity index is 1.15. The molecule has 2 aliphatic rings. The maximum atomic E-state index is 13.6. The van der Waals surface area contributed by atoms with Crippen molar-refractivity contribution in [3.05, 3.63) is 83.0 Å². The van der Waals surface area contributed by atoms with Gasteiger partial charge in [0.05, 0.1) is 10.3 Å². The highest BCUT2D eigenvalue weighted by atomic mass is 32.1. The van der Waals surface area contributed by atoms with E-state index in [0.717, 1.165) is 85.4 Å². The molecule has 2 fully saturated rings. The molecule has 2 aromatic carbocycles. The van der Waals surface area contributed by atoms with E-state index in [-0.39, 0.29) is 5.91 Å². The summed E-state index contributed by atoms with van der Waals surface area (Å²) in [5.74, 6) is 1.08. The summed E-state index contributed by atoms with van der Waals surface area (Å²) in [6.07, 6.45) is 1.65. The van der Waals surface area contributed by atoms with Gasteiger partial charge in [-0.25, -0.2) is 9.97 Å². The number of hydrogen-bond donors (Lipinski definition) is 0. The number of amides is 1. The number of nitrogens with zero attached hydrogens (tertiary/aromatic N) is 6. The zero-order valence-electron chi connectivity index (χ0n) is 21.2. The van der Waals surface area contributed by atoms with Gasteiger partial charge in [-0.2, -0.15) is 0 Å². The zero-order valence-corrected chi connectivity index (χ0v) is 22.0. The third-order valence-electron chi connectivity index (χ3n) is 7.51. The van der Waals surface area contributed by atoms with E-state index in [0.29, 0.717) is 0 Å². The van der Waals surface area contributed by atoms with Crippen LogP contribution in [0.5, 0.6) is 0 Å². The van der Waals surface area contributed by atoms with Crippen LogP contribution in [0.3, 0.4) is 0 Å². The Labute approximate surface area is 222 Å². The molecule has 0 spiro atoms. The predicted octanol–water partition coefficient (Wildman–Crippen LogP) is 4.28. The van der Waals surface area contributed by atoms with Crippen molar-refractivity contribution in [2.45, 2.75) is 13.5 Å². The number of fused-ring (bicyclic) bond motifs is 1. The Hall–Kier alpha value is -3.49. The van der Waals surface area contributed by atoms with Crippen molar-refractivity contribution in [1.82, 2.24) is 19.8 Å². The smallest absolute Gasteiger partial charge is 0.264 e. The molecule has 1 amide bonds. The molecule has 0 saturated carbocycles. The number of aryl methyl sites for hydroxylation is 1. The highest BCUT2D eigenvalue weighted by molar-refractivity contribution is 7.20. The van der Waals surface area contributed by atoms with Crippen molar-refractivity contribution in [3.8, 4) is 0 Å². The van der Waals surface area contributed by atoms with Gasteiger partial charge in [0.2, 0.25) is 0 Å². The summed E-state index contributed by atoms with van der Waals surface area (Å²) in [6.45, 7) is 9.94. The number of hydrogen-bond acceptors (Lipinski definition) is 7. The van der Waals surface area contributed by atoms with Crippen LogP contribution in [-0.4, -0.2) is 78.0 Å². The molecular weight excluding hydrogens is 480 g/mol. The Morgan fingerprint density at radius 3 is 2.16 bits per heavy atom. The summed E-state index contributed by atoms with van der Waals surface area (Å²) in [6, 6.07) is 21.1. The maximum Gasteiger partial charge on any atom is 0.264 e. The van der Waals surface area contributed by atoms with Crippen LogP contribution < -0.4 is 9.80 Å². The summed E-state index contributed by atoms with van der Waals surface area (Å²) in [7, 11) is 0. The first kappa shape index (κ1) is 23.9. The van der Waals surface area contributed by atoms with Gasteiger partial charge >= 0.3 is 0 Å². The monoisotopic (exact) mass is 512 g/mol. The summed E-state index contributed by atoms with van der Waals surface area (Å²) >= 11 is 1.51. The SMILES string of the molecule is Cc1c(C(=O)N2CCN(Cc3ccccc3)CC2)sc2ncnc(N3CCN(c4ccccc4)CC3)c12. The molecule has 0 bridgehead atoms. The number of carbonyl (C=O) groups excluding carboxylic acids is 1. The van der Waals surface area contributed by atoms with Crippen LogP contribution in [0.25, 0.3) is 10.2 Å². The molecule has 4 aromatic rings. The number of aromatic nitrogens is 2. The zero-order chi connectivity index (χ0) is 25.2. The van der Waals surface area contributed by atoms with Crippen molar-refractivity contribution in [2.75, 3.05) is 62.2 Å². The molecule has 8 heteroatoms. The number of benzene rings is 2. The van der Waals surface area contributed by atoms with Crippen molar-refractivity contribution in [3.63, 3.8) is 0 Å². The first-order chi connectivity index (χ1) is 18.2. The van der Waals surface area contributed by atoms with Gasteiger partial charge < -0.3 is 14.7 Å². The van der Waals surface area contributed by atoms with Crippen LogP contribution in [0.4, 0.5) is 11.5 Å². The summed E-state index contributed by atoms with van der Waals surface area (Å²) in [5.41, 5.74) is 3.59. The molecule has 37 heavy (non-hydrogen) atoms. The average Bonchev–Trinajstić information content (AvgIpc) is 3.31. The quantitative estimate of drug-likeness (QED) is 0.398. The topological polar surface area (TPSA) is 55.8 Å². The highest BCUT2D eigenvalue weighted by Gasteiger charge is 2.28. The fraction of sp³-hybridized carbons (Fsp3) is 0.345. The van der Waals surface area contributed by atoms with E-state index in [2.05, 4.69) is 81.2 Å². The summed E-state index contributed by atoms with van der Waals surface area (Å²) in [5, 5.41) is 1.03. The third kappa shape index (κ3) is 4.91. The highest BCUT2D eigenvalue weighted by Crippen LogP contribution is 2.36. The normalized spacial score (nSPS) is 16.9. The lowest BCUT2D eigenvalue weighted by molar-refractivity contribution is 0.0632. The average molecular weight is 513 g/mol. The van der Waals surface area contributed by atoms with Gasteiger partial charge in [-0.1, -0.05) is 48.5 Å². The van der Waals surface area contributed by atoms with Gasteiger partial charge in [0.25, 0.3) is 5.91 Å².